The van der Waals surface area contributed by atoms with E-state index < -0.39 is 0 Å². The molecule has 2 heterocycles. The molecule has 0 radical (unpaired) electrons. The molecule has 0 atom stereocenters. The van der Waals surface area contributed by atoms with Gasteiger partial charge in [-0.15, -0.1) is 0 Å². The minimum Gasteiger partial charge on any atom is -0.492 e. The third-order valence-corrected chi connectivity index (χ3v) is 5.58. The first-order valence-corrected chi connectivity index (χ1v) is 10.6. The number of carbonyl (C=O) groups is 1. The number of hydrogen-bond acceptors (Lipinski definition) is 5. The van der Waals surface area contributed by atoms with Gasteiger partial charge in [-0.05, 0) is 35.6 Å². The van der Waals surface area contributed by atoms with Gasteiger partial charge in [0.1, 0.15) is 0 Å². The zero-order chi connectivity index (χ0) is 22.7. The van der Waals surface area contributed by atoms with Gasteiger partial charge in [0.15, 0.2) is 0 Å². The summed E-state index contributed by atoms with van der Waals surface area (Å²) in [6.07, 6.45) is 4.61. The highest BCUT2D eigenvalue weighted by Gasteiger charge is 2.16. The van der Waals surface area contributed by atoms with Crippen molar-refractivity contribution in [1.29, 1.82) is 0 Å². The van der Waals surface area contributed by atoms with E-state index in [1.54, 1.807) is 16.5 Å². The number of benzene rings is 2. The molecule has 2 N–H and O–H groups in total. The van der Waals surface area contributed by atoms with Gasteiger partial charge in [0.05, 0.1) is 18.9 Å². The van der Waals surface area contributed by atoms with Crippen LogP contribution in [0.15, 0.2) is 59.5 Å². The average molecular weight is 431 g/mol. The molecular weight excluding hydrogens is 406 g/mol. The molecule has 2 aromatic carbocycles. The van der Waals surface area contributed by atoms with E-state index in [-0.39, 0.29) is 17.4 Å². The van der Waals surface area contributed by atoms with Crippen molar-refractivity contribution in [2.45, 2.75) is 32.6 Å². The second-order valence-corrected chi connectivity index (χ2v) is 7.69. The summed E-state index contributed by atoms with van der Waals surface area (Å²) in [7, 11) is 1.37. The summed E-state index contributed by atoms with van der Waals surface area (Å²) in [6.45, 7) is 2.10. The molecule has 164 valence electrons. The number of esters is 1. The number of nitrogens with zero attached hydrogens (tertiary/aromatic N) is 2. The lowest BCUT2D eigenvalue weighted by Crippen LogP contribution is -2.20. The fraction of sp³-hybridized carbons (Fsp3) is 0.240. The molecular formula is C25H25N3O4. The van der Waals surface area contributed by atoms with Crippen molar-refractivity contribution in [3.63, 3.8) is 0 Å². The van der Waals surface area contributed by atoms with Gasteiger partial charge in [0.25, 0.3) is 5.56 Å². The third-order valence-electron chi connectivity index (χ3n) is 5.58. The minimum atomic E-state index is -0.381. The number of aromatic hydroxyl groups is 1. The van der Waals surface area contributed by atoms with E-state index in [2.05, 4.69) is 16.9 Å². The Hall–Kier alpha value is -3.87. The first-order chi connectivity index (χ1) is 15.5. The number of aromatic amines is 1. The summed E-state index contributed by atoms with van der Waals surface area (Å²) < 4.78 is 6.66. The van der Waals surface area contributed by atoms with Gasteiger partial charge in [-0.1, -0.05) is 55.8 Å². The summed E-state index contributed by atoms with van der Waals surface area (Å²) in [5, 5.41) is 9.81. The maximum Gasteiger partial charge on any atom is 0.338 e. The van der Waals surface area contributed by atoms with Crippen LogP contribution in [0, 0.1) is 0 Å². The third kappa shape index (κ3) is 4.14. The SMILES string of the molecule is CCCCc1c(Cc2ccc(-c3ccccc3C(=O)OC)cc2)c(=O)[nH]c2nc(O)cn12. The molecule has 0 aliphatic carbocycles. The summed E-state index contributed by atoms with van der Waals surface area (Å²) in [5.74, 6) is -0.157. The molecule has 4 rings (SSSR count). The number of imidazole rings is 1. The van der Waals surface area contributed by atoms with Crippen molar-refractivity contribution < 1.29 is 14.6 Å². The van der Waals surface area contributed by atoms with Gasteiger partial charge in [-0.2, -0.15) is 4.98 Å². The number of aromatic nitrogens is 3. The van der Waals surface area contributed by atoms with E-state index in [4.69, 9.17) is 4.74 Å². The number of unbranched alkanes of at least 4 members (excludes halogenated alkanes) is 1. The van der Waals surface area contributed by atoms with E-state index >= 15 is 0 Å². The number of aryl methyl sites for hydroxylation is 1. The number of hydrogen-bond donors (Lipinski definition) is 2. The minimum absolute atomic E-state index is 0.121. The van der Waals surface area contributed by atoms with Gasteiger partial charge in [0.2, 0.25) is 11.7 Å². The van der Waals surface area contributed by atoms with Crippen molar-refractivity contribution in [3.05, 3.63) is 87.5 Å². The second kappa shape index (κ2) is 9.09. The van der Waals surface area contributed by atoms with Gasteiger partial charge in [0, 0.05) is 17.7 Å². The van der Waals surface area contributed by atoms with Crippen molar-refractivity contribution >= 4 is 11.7 Å². The number of H-pyrrole nitrogens is 1. The average Bonchev–Trinajstić information content (AvgIpc) is 3.18. The van der Waals surface area contributed by atoms with Gasteiger partial charge in [-0.25, -0.2) is 4.79 Å². The molecule has 0 amide bonds. The predicted octanol–water partition coefficient (Wildman–Crippen LogP) is 4.12. The molecule has 7 heteroatoms. The van der Waals surface area contributed by atoms with Crippen molar-refractivity contribution in [1.82, 2.24) is 14.4 Å². The number of nitrogens with one attached hydrogen (secondary N) is 1. The molecule has 0 fully saturated rings. The Labute approximate surface area is 185 Å². The highest BCUT2D eigenvalue weighted by molar-refractivity contribution is 5.97. The fourth-order valence-electron chi connectivity index (χ4n) is 3.94. The highest BCUT2D eigenvalue weighted by Crippen LogP contribution is 2.25. The van der Waals surface area contributed by atoms with Crippen LogP contribution in [0.1, 0.15) is 46.9 Å². The van der Waals surface area contributed by atoms with E-state index in [9.17, 15) is 14.7 Å². The number of ether oxygens (including phenoxy) is 1. The van der Waals surface area contributed by atoms with Crippen LogP contribution in [0.2, 0.25) is 0 Å². The maximum absolute atomic E-state index is 12.8. The summed E-state index contributed by atoms with van der Waals surface area (Å²) >= 11 is 0. The predicted molar refractivity (Wildman–Crippen MR) is 122 cm³/mol. The van der Waals surface area contributed by atoms with Crippen LogP contribution in [0.25, 0.3) is 16.9 Å². The smallest absolute Gasteiger partial charge is 0.338 e. The molecule has 32 heavy (non-hydrogen) atoms. The summed E-state index contributed by atoms with van der Waals surface area (Å²) in [5.41, 5.74) is 4.48. The van der Waals surface area contributed by atoms with E-state index in [0.717, 1.165) is 35.2 Å². The van der Waals surface area contributed by atoms with Crippen molar-refractivity contribution in [3.8, 4) is 17.0 Å². The molecule has 4 aromatic rings. The first kappa shape index (κ1) is 21.4. The van der Waals surface area contributed by atoms with Crippen molar-refractivity contribution in [2.75, 3.05) is 7.11 Å². The zero-order valence-electron chi connectivity index (χ0n) is 18.1. The van der Waals surface area contributed by atoms with Gasteiger partial charge < -0.3 is 9.84 Å². The number of methoxy groups -OCH3 is 1. The normalized spacial score (nSPS) is 11.1. The quantitative estimate of drug-likeness (QED) is 0.429. The molecule has 7 nitrogen and oxygen atoms in total. The Kier molecular flexibility index (Phi) is 6.07. The maximum atomic E-state index is 12.8. The molecule has 0 aliphatic heterocycles. The van der Waals surface area contributed by atoms with Crippen molar-refractivity contribution in [2.24, 2.45) is 0 Å². The molecule has 2 aromatic heterocycles. The topological polar surface area (TPSA) is 96.7 Å². The van der Waals surface area contributed by atoms with Crippen LogP contribution in [0.3, 0.4) is 0 Å². The number of carbonyl (C=O) groups excluding carboxylic acids is 1. The number of fused-ring (bicyclic) bond motifs is 1. The highest BCUT2D eigenvalue weighted by atomic mass is 16.5. The molecule has 0 spiro atoms. The van der Waals surface area contributed by atoms with E-state index in [0.29, 0.717) is 29.7 Å². The first-order valence-electron chi connectivity index (χ1n) is 10.6. The Morgan fingerprint density at radius 2 is 1.91 bits per heavy atom. The lowest BCUT2D eigenvalue weighted by atomic mass is 9.96. The Morgan fingerprint density at radius 1 is 1.16 bits per heavy atom. The summed E-state index contributed by atoms with van der Waals surface area (Å²) in [4.78, 5) is 31.7. The lowest BCUT2D eigenvalue weighted by molar-refractivity contribution is 0.0601. The Balaban J connectivity index is 1.70. The fourth-order valence-corrected chi connectivity index (χ4v) is 3.94. The van der Waals surface area contributed by atoms with Crippen LogP contribution >= 0.6 is 0 Å². The molecule has 0 bridgehead atoms. The lowest BCUT2D eigenvalue weighted by Gasteiger charge is -2.12. The van der Waals surface area contributed by atoms with Gasteiger partial charge in [-0.3, -0.25) is 14.2 Å². The molecule has 0 unspecified atom stereocenters. The standard InChI is InChI=1S/C25H25N3O4/c1-3-4-9-21-20(23(30)27-25-26-22(29)15-28(21)25)14-16-10-12-17(13-11-16)18-7-5-6-8-19(18)24(31)32-2/h5-8,10-13,15,29H,3-4,9,14H2,1-2H3,(H,26,27,30). The molecule has 0 saturated heterocycles. The van der Waals surface area contributed by atoms with E-state index in [1.807, 2.05) is 36.4 Å². The monoisotopic (exact) mass is 431 g/mol. The largest absolute Gasteiger partial charge is 0.492 e. The van der Waals surface area contributed by atoms with Crippen LogP contribution < -0.4 is 5.56 Å². The Morgan fingerprint density at radius 3 is 2.62 bits per heavy atom. The van der Waals surface area contributed by atoms with Crippen LogP contribution in [0.4, 0.5) is 0 Å². The van der Waals surface area contributed by atoms with Gasteiger partial charge >= 0.3 is 5.97 Å². The van der Waals surface area contributed by atoms with Crippen LogP contribution in [-0.2, 0) is 17.6 Å². The molecule has 0 aliphatic rings. The Bertz CT molecular complexity index is 1320. The number of rotatable bonds is 7. The van der Waals surface area contributed by atoms with Crippen LogP contribution in [0.5, 0.6) is 5.88 Å². The molecule has 0 saturated carbocycles. The van der Waals surface area contributed by atoms with E-state index in [1.165, 1.54) is 13.3 Å². The van der Waals surface area contributed by atoms with Crippen LogP contribution in [-0.4, -0.2) is 32.6 Å². The summed E-state index contributed by atoms with van der Waals surface area (Å²) in [6, 6.07) is 15.1. The zero-order valence-corrected chi connectivity index (χ0v) is 18.1. The second-order valence-electron chi connectivity index (χ2n) is 7.69.